The summed E-state index contributed by atoms with van der Waals surface area (Å²) in [5.41, 5.74) is 6.40. The zero-order valence-electron chi connectivity index (χ0n) is 10.6. The molecular weight excluding hydrogens is 230 g/mol. The second-order valence-corrected chi connectivity index (χ2v) is 4.61. The highest BCUT2D eigenvalue weighted by Crippen LogP contribution is 2.23. The number of hydrogen-bond acceptors (Lipinski definition) is 6. The van der Waals surface area contributed by atoms with Crippen LogP contribution in [-0.4, -0.2) is 26.7 Å². The van der Waals surface area contributed by atoms with Gasteiger partial charge >= 0.3 is 0 Å². The minimum atomic E-state index is 0.105. The molecule has 0 bridgehead atoms. The lowest BCUT2D eigenvalue weighted by atomic mass is 9.97. The molecule has 0 amide bonds. The average Bonchev–Trinajstić information content (AvgIpc) is 2.86. The van der Waals surface area contributed by atoms with E-state index in [0.29, 0.717) is 29.9 Å². The first-order chi connectivity index (χ1) is 8.70. The van der Waals surface area contributed by atoms with Crippen molar-refractivity contribution in [3.8, 4) is 11.5 Å². The molecule has 0 radical (unpaired) electrons. The third kappa shape index (κ3) is 2.89. The molecule has 0 fully saturated rings. The Balaban J connectivity index is 2.19. The van der Waals surface area contributed by atoms with Crippen LogP contribution in [0.1, 0.15) is 32.1 Å². The molecule has 6 nitrogen and oxygen atoms in total. The summed E-state index contributed by atoms with van der Waals surface area (Å²) in [6.07, 6.45) is 4.04. The quantitative estimate of drug-likeness (QED) is 0.863. The van der Waals surface area contributed by atoms with Crippen molar-refractivity contribution in [1.82, 2.24) is 20.1 Å². The summed E-state index contributed by atoms with van der Waals surface area (Å²) in [5.74, 6) is 1.70. The topological polar surface area (TPSA) is 90.7 Å². The zero-order chi connectivity index (χ0) is 13.0. The van der Waals surface area contributed by atoms with Gasteiger partial charge in [-0.25, -0.2) is 9.97 Å². The van der Waals surface area contributed by atoms with Gasteiger partial charge in [-0.3, -0.25) is 0 Å². The maximum absolute atomic E-state index is 5.75. The van der Waals surface area contributed by atoms with E-state index >= 15 is 0 Å². The van der Waals surface area contributed by atoms with Gasteiger partial charge in [0.25, 0.3) is 0 Å². The van der Waals surface area contributed by atoms with Crippen LogP contribution in [0.4, 0.5) is 0 Å². The predicted octanol–water partition coefficient (Wildman–Crippen LogP) is 1.61. The second-order valence-electron chi connectivity index (χ2n) is 4.61. The first-order valence-electron chi connectivity index (χ1n) is 6.00. The summed E-state index contributed by atoms with van der Waals surface area (Å²) in [4.78, 5) is 12.3. The van der Waals surface area contributed by atoms with Gasteiger partial charge in [-0.15, -0.1) is 0 Å². The Morgan fingerprint density at radius 1 is 1.39 bits per heavy atom. The Morgan fingerprint density at radius 3 is 2.83 bits per heavy atom. The zero-order valence-corrected chi connectivity index (χ0v) is 10.6. The van der Waals surface area contributed by atoms with Crippen LogP contribution in [0.5, 0.6) is 0 Å². The van der Waals surface area contributed by atoms with Crippen molar-refractivity contribution in [3.05, 3.63) is 24.5 Å². The Morgan fingerprint density at radius 2 is 2.22 bits per heavy atom. The van der Waals surface area contributed by atoms with Crippen LogP contribution in [0.3, 0.4) is 0 Å². The fourth-order valence-electron chi connectivity index (χ4n) is 1.79. The molecule has 0 saturated carbocycles. The molecule has 18 heavy (non-hydrogen) atoms. The van der Waals surface area contributed by atoms with E-state index in [1.54, 1.807) is 12.3 Å². The van der Waals surface area contributed by atoms with Gasteiger partial charge < -0.3 is 10.3 Å². The molecule has 2 aromatic rings. The third-order valence-corrected chi connectivity index (χ3v) is 2.64. The molecule has 0 aliphatic heterocycles. The van der Waals surface area contributed by atoms with Crippen molar-refractivity contribution in [1.29, 1.82) is 0 Å². The number of rotatable bonds is 5. The SMILES string of the molecule is CC(C)CC(CN)c1nc(-c2ccncn2)no1. The molecule has 0 saturated heterocycles. The number of nitrogens with zero attached hydrogens (tertiary/aromatic N) is 4. The van der Waals surface area contributed by atoms with Crippen LogP contribution in [-0.2, 0) is 0 Å². The maximum atomic E-state index is 5.75. The summed E-state index contributed by atoms with van der Waals surface area (Å²) in [5, 5.41) is 3.93. The van der Waals surface area contributed by atoms with E-state index in [1.807, 2.05) is 0 Å². The minimum absolute atomic E-state index is 0.105. The number of hydrogen-bond donors (Lipinski definition) is 1. The van der Waals surface area contributed by atoms with Crippen LogP contribution < -0.4 is 5.73 Å². The largest absolute Gasteiger partial charge is 0.339 e. The molecule has 96 valence electrons. The lowest BCUT2D eigenvalue weighted by Crippen LogP contribution is -2.15. The molecule has 0 aliphatic rings. The van der Waals surface area contributed by atoms with Gasteiger partial charge in [-0.2, -0.15) is 4.98 Å². The molecule has 0 aromatic carbocycles. The summed E-state index contributed by atoms with van der Waals surface area (Å²) < 4.78 is 5.27. The first kappa shape index (κ1) is 12.6. The van der Waals surface area contributed by atoms with Gasteiger partial charge in [0.2, 0.25) is 11.7 Å². The molecule has 2 N–H and O–H groups in total. The van der Waals surface area contributed by atoms with Gasteiger partial charge in [0.05, 0.1) is 5.92 Å². The number of nitrogens with two attached hydrogens (primary N) is 1. The number of aromatic nitrogens is 4. The third-order valence-electron chi connectivity index (χ3n) is 2.64. The van der Waals surface area contributed by atoms with E-state index < -0.39 is 0 Å². The normalized spacial score (nSPS) is 12.9. The van der Waals surface area contributed by atoms with Gasteiger partial charge in [-0.05, 0) is 18.4 Å². The summed E-state index contributed by atoms with van der Waals surface area (Å²) >= 11 is 0. The fraction of sp³-hybridized carbons (Fsp3) is 0.500. The highest BCUT2D eigenvalue weighted by molar-refractivity contribution is 5.46. The van der Waals surface area contributed by atoms with E-state index in [1.165, 1.54) is 6.33 Å². The summed E-state index contributed by atoms with van der Waals surface area (Å²) in [7, 11) is 0. The van der Waals surface area contributed by atoms with E-state index in [9.17, 15) is 0 Å². The fourth-order valence-corrected chi connectivity index (χ4v) is 1.79. The minimum Gasteiger partial charge on any atom is -0.339 e. The summed E-state index contributed by atoms with van der Waals surface area (Å²) in [6, 6.07) is 1.74. The Bertz CT molecular complexity index is 482. The van der Waals surface area contributed by atoms with Crippen LogP contribution in [0.15, 0.2) is 23.1 Å². The first-order valence-corrected chi connectivity index (χ1v) is 6.00. The van der Waals surface area contributed by atoms with E-state index in [0.717, 1.165) is 6.42 Å². The van der Waals surface area contributed by atoms with Gasteiger partial charge in [0.1, 0.15) is 12.0 Å². The van der Waals surface area contributed by atoms with Crippen LogP contribution in [0, 0.1) is 5.92 Å². The van der Waals surface area contributed by atoms with E-state index in [-0.39, 0.29) is 5.92 Å². The standard InChI is InChI=1S/C12H17N5O/c1-8(2)5-9(6-13)12-16-11(17-18-12)10-3-4-14-7-15-10/h3-4,7-9H,5-6,13H2,1-2H3. The molecule has 0 spiro atoms. The Kier molecular flexibility index (Phi) is 3.99. The predicted molar refractivity (Wildman–Crippen MR) is 66.6 cm³/mol. The smallest absolute Gasteiger partial charge is 0.231 e. The van der Waals surface area contributed by atoms with Crippen molar-refractivity contribution in [2.75, 3.05) is 6.54 Å². The second kappa shape index (κ2) is 5.68. The molecule has 6 heteroatoms. The van der Waals surface area contributed by atoms with Crippen molar-refractivity contribution in [2.45, 2.75) is 26.2 Å². The van der Waals surface area contributed by atoms with Crippen molar-refractivity contribution >= 4 is 0 Å². The molecule has 1 atom stereocenters. The maximum Gasteiger partial charge on any atom is 0.231 e. The average molecular weight is 247 g/mol. The molecule has 2 rings (SSSR count). The van der Waals surface area contributed by atoms with Crippen molar-refractivity contribution in [3.63, 3.8) is 0 Å². The van der Waals surface area contributed by atoms with Crippen LogP contribution in [0.2, 0.25) is 0 Å². The highest BCUT2D eigenvalue weighted by Gasteiger charge is 2.19. The van der Waals surface area contributed by atoms with Crippen molar-refractivity contribution in [2.24, 2.45) is 11.7 Å². The molecule has 2 aromatic heterocycles. The van der Waals surface area contributed by atoms with Crippen LogP contribution in [0.25, 0.3) is 11.5 Å². The van der Waals surface area contributed by atoms with Crippen molar-refractivity contribution < 1.29 is 4.52 Å². The Labute approximate surface area is 106 Å². The Hall–Kier alpha value is -1.82. The van der Waals surface area contributed by atoms with Gasteiger partial charge in [0, 0.05) is 12.7 Å². The molecule has 0 aliphatic carbocycles. The lowest BCUT2D eigenvalue weighted by molar-refractivity contribution is 0.334. The monoisotopic (exact) mass is 247 g/mol. The lowest BCUT2D eigenvalue weighted by Gasteiger charge is -2.11. The van der Waals surface area contributed by atoms with E-state index in [4.69, 9.17) is 10.3 Å². The molecular formula is C12H17N5O. The van der Waals surface area contributed by atoms with Gasteiger partial charge in [0.15, 0.2) is 0 Å². The highest BCUT2D eigenvalue weighted by atomic mass is 16.5. The van der Waals surface area contributed by atoms with Gasteiger partial charge in [-0.1, -0.05) is 19.0 Å². The molecule has 1 unspecified atom stereocenters. The molecule has 2 heterocycles. The van der Waals surface area contributed by atoms with Crippen LogP contribution >= 0.6 is 0 Å². The summed E-state index contributed by atoms with van der Waals surface area (Å²) in [6.45, 7) is 4.79. The van der Waals surface area contributed by atoms with E-state index in [2.05, 4.69) is 34.0 Å².